The molecule has 2 heterocycles. The van der Waals surface area contributed by atoms with E-state index in [1.54, 1.807) is 12.4 Å². The highest BCUT2D eigenvalue weighted by atomic mass is 16.3. The average molecular weight is 253 g/mol. The summed E-state index contributed by atoms with van der Waals surface area (Å²) in [5.74, 6) is 0.786. The third kappa shape index (κ3) is 2.11. The molecule has 1 N–H and O–H groups in total. The van der Waals surface area contributed by atoms with Crippen molar-refractivity contribution in [2.45, 2.75) is 20.1 Å². The van der Waals surface area contributed by atoms with Crippen molar-refractivity contribution >= 4 is 10.9 Å². The number of hydrogen-bond acceptors (Lipinski definition) is 3. The number of aliphatic hydroxyl groups is 1. The van der Waals surface area contributed by atoms with Gasteiger partial charge in [0.15, 0.2) is 0 Å². The first-order valence-electron chi connectivity index (χ1n) is 6.23. The normalized spacial score (nSPS) is 11.1. The minimum absolute atomic E-state index is 0.0643. The van der Waals surface area contributed by atoms with Crippen LogP contribution in [0.1, 0.15) is 17.0 Å². The van der Waals surface area contributed by atoms with Gasteiger partial charge in [-0.25, -0.2) is 9.97 Å². The van der Waals surface area contributed by atoms with Gasteiger partial charge in [0.25, 0.3) is 0 Å². The van der Waals surface area contributed by atoms with Gasteiger partial charge in [0.05, 0.1) is 18.7 Å². The van der Waals surface area contributed by atoms with Crippen molar-refractivity contribution in [2.24, 2.45) is 0 Å². The van der Waals surface area contributed by atoms with Crippen LogP contribution in [0.2, 0.25) is 0 Å². The smallest absolute Gasteiger partial charge is 0.147 e. The molecule has 4 nitrogen and oxygen atoms in total. The summed E-state index contributed by atoms with van der Waals surface area (Å²) < 4.78 is 2.12. The fraction of sp³-hybridized carbons (Fsp3) is 0.200. The van der Waals surface area contributed by atoms with E-state index in [-0.39, 0.29) is 6.61 Å². The Morgan fingerprint density at radius 1 is 1.16 bits per heavy atom. The second-order valence-corrected chi connectivity index (χ2v) is 4.55. The van der Waals surface area contributed by atoms with Gasteiger partial charge >= 0.3 is 0 Å². The summed E-state index contributed by atoms with van der Waals surface area (Å²) in [6, 6.07) is 7.90. The van der Waals surface area contributed by atoms with Gasteiger partial charge in [-0.05, 0) is 35.6 Å². The van der Waals surface area contributed by atoms with Crippen molar-refractivity contribution in [3.63, 3.8) is 0 Å². The van der Waals surface area contributed by atoms with Gasteiger partial charge in [-0.2, -0.15) is 0 Å². The van der Waals surface area contributed by atoms with Crippen LogP contribution in [0.15, 0.2) is 42.9 Å². The number of aromatic nitrogens is 3. The number of benzene rings is 1. The first kappa shape index (κ1) is 11.9. The highest BCUT2D eigenvalue weighted by Crippen LogP contribution is 2.23. The van der Waals surface area contributed by atoms with Gasteiger partial charge < -0.3 is 9.67 Å². The number of aliphatic hydroxyl groups excluding tert-OH is 1. The minimum atomic E-state index is 0.0643. The minimum Gasteiger partial charge on any atom is -0.392 e. The third-order valence-electron chi connectivity index (χ3n) is 3.40. The Morgan fingerprint density at radius 2 is 1.95 bits per heavy atom. The maximum Gasteiger partial charge on any atom is 0.147 e. The van der Waals surface area contributed by atoms with Crippen molar-refractivity contribution in [3.05, 3.63) is 59.8 Å². The molecule has 0 spiro atoms. The van der Waals surface area contributed by atoms with Crippen LogP contribution in [0.5, 0.6) is 0 Å². The van der Waals surface area contributed by atoms with E-state index < -0.39 is 0 Å². The fourth-order valence-electron chi connectivity index (χ4n) is 2.39. The van der Waals surface area contributed by atoms with E-state index in [1.807, 2.05) is 31.3 Å². The molecule has 2 aromatic heterocycles. The molecule has 3 aromatic rings. The van der Waals surface area contributed by atoms with E-state index in [0.29, 0.717) is 6.54 Å². The SMILES string of the molecule is Cc1c(CO)ccc2ccn(Cc3ncccn3)c12. The maximum atomic E-state index is 9.36. The van der Waals surface area contributed by atoms with E-state index in [4.69, 9.17) is 0 Å². The highest BCUT2D eigenvalue weighted by Gasteiger charge is 2.08. The van der Waals surface area contributed by atoms with Crippen LogP contribution < -0.4 is 0 Å². The zero-order chi connectivity index (χ0) is 13.2. The molecule has 0 aliphatic rings. The molecular weight excluding hydrogens is 238 g/mol. The van der Waals surface area contributed by atoms with Crippen LogP contribution in [0, 0.1) is 6.92 Å². The largest absolute Gasteiger partial charge is 0.392 e. The van der Waals surface area contributed by atoms with Crippen molar-refractivity contribution in [2.75, 3.05) is 0 Å². The first-order valence-corrected chi connectivity index (χ1v) is 6.23. The van der Waals surface area contributed by atoms with Crippen molar-refractivity contribution in [1.82, 2.24) is 14.5 Å². The van der Waals surface area contributed by atoms with Crippen LogP contribution in [0.3, 0.4) is 0 Å². The topological polar surface area (TPSA) is 50.9 Å². The molecule has 0 radical (unpaired) electrons. The van der Waals surface area contributed by atoms with Gasteiger partial charge in [0.1, 0.15) is 5.82 Å². The number of aryl methyl sites for hydroxylation is 1. The summed E-state index contributed by atoms with van der Waals surface area (Å²) >= 11 is 0. The molecule has 0 saturated carbocycles. The Morgan fingerprint density at radius 3 is 2.68 bits per heavy atom. The first-order chi connectivity index (χ1) is 9.29. The van der Waals surface area contributed by atoms with Crippen LogP contribution in [0.25, 0.3) is 10.9 Å². The van der Waals surface area contributed by atoms with Crippen molar-refractivity contribution in [3.8, 4) is 0 Å². The molecule has 0 bridgehead atoms. The quantitative estimate of drug-likeness (QED) is 0.779. The lowest BCUT2D eigenvalue weighted by molar-refractivity contribution is 0.281. The fourth-order valence-corrected chi connectivity index (χ4v) is 2.39. The lowest BCUT2D eigenvalue weighted by atomic mass is 10.1. The summed E-state index contributed by atoms with van der Waals surface area (Å²) in [6.07, 6.45) is 5.54. The molecule has 0 atom stereocenters. The van der Waals surface area contributed by atoms with Crippen molar-refractivity contribution in [1.29, 1.82) is 0 Å². The summed E-state index contributed by atoms with van der Waals surface area (Å²) in [7, 11) is 0. The zero-order valence-electron chi connectivity index (χ0n) is 10.7. The molecule has 0 fully saturated rings. The molecule has 0 amide bonds. The van der Waals surface area contributed by atoms with E-state index in [1.165, 1.54) is 5.39 Å². The lowest BCUT2D eigenvalue weighted by Crippen LogP contribution is -2.04. The number of nitrogens with zero attached hydrogens (tertiary/aromatic N) is 3. The van der Waals surface area contributed by atoms with Gasteiger partial charge in [0, 0.05) is 18.6 Å². The van der Waals surface area contributed by atoms with Gasteiger partial charge in [0.2, 0.25) is 0 Å². The van der Waals surface area contributed by atoms with Crippen LogP contribution in [-0.4, -0.2) is 19.6 Å². The molecule has 0 unspecified atom stereocenters. The number of rotatable bonds is 3. The summed E-state index contributed by atoms with van der Waals surface area (Å²) in [4.78, 5) is 8.50. The Labute approximate surface area is 111 Å². The Kier molecular flexibility index (Phi) is 3.01. The third-order valence-corrected chi connectivity index (χ3v) is 3.40. The molecular formula is C15H15N3O. The molecule has 96 valence electrons. The van der Waals surface area contributed by atoms with E-state index in [2.05, 4.69) is 20.6 Å². The predicted molar refractivity (Wildman–Crippen MR) is 73.7 cm³/mol. The monoisotopic (exact) mass is 253 g/mol. The Balaban J connectivity index is 2.09. The standard InChI is InChI=1S/C15H15N3O/c1-11-13(10-19)4-3-12-5-8-18(15(11)12)9-14-16-6-2-7-17-14/h2-8,19H,9-10H2,1H3. The molecule has 0 aliphatic carbocycles. The van der Waals surface area contributed by atoms with Gasteiger partial charge in [-0.3, -0.25) is 0 Å². The molecule has 3 rings (SSSR count). The maximum absolute atomic E-state index is 9.36. The number of hydrogen-bond donors (Lipinski definition) is 1. The van der Waals surface area contributed by atoms with E-state index >= 15 is 0 Å². The molecule has 4 heteroatoms. The van der Waals surface area contributed by atoms with Gasteiger partial charge in [-0.1, -0.05) is 12.1 Å². The molecule has 1 aromatic carbocycles. The van der Waals surface area contributed by atoms with Crippen LogP contribution in [0.4, 0.5) is 0 Å². The second-order valence-electron chi connectivity index (χ2n) is 4.55. The highest BCUT2D eigenvalue weighted by molar-refractivity contribution is 5.84. The summed E-state index contributed by atoms with van der Waals surface area (Å²) in [5.41, 5.74) is 3.21. The molecule has 0 aliphatic heterocycles. The summed E-state index contributed by atoms with van der Waals surface area (Å²) in [6.45, 7) is 2.74. The van der Waals surface area contributed by atoms with Crippen LogP contribution >= 0.6 is 0 Å². The van der Waals surface area contributed by atoms with Crippen LogP contribution in [-0.2, 0) is 13.2 Å². The zero-order valence-corrected chi connectivity index (χ0v) is 10.7. The Bertz CT molecular complexity index is 704. The van der Waals surface area contributed by atoms with Crippen molar-refractivity contribution < 1.29 is 5.11 Å². The average Bonchev–Trinajstić information content (AvgIpc) is 2.84. The van der Waals surface area contributed by atoms with E-state index in [9.17, 15) is 5.11 Å². The molecule has 19 heavy (non-hydrogen) atoms. The Hall–Kier alpha value is -2.20. The van der Waals surface area contributed by atoms with Gasteiger partial charge in [-0.15, -0.1) is 0 Å². The lowest BCUT2D eigenvalue weighted by Gasteiger charge is -2.09. The molecule has 0 saturated heterocycles. The van der Waals surface area contributed by atoms with E-state index in [0.717, 1.165) is 22.5 Å². The number of fused-ring (bicyclic) bond motifs is 1. The second kappa shape index (κ2) is 4.82. The predicted octanol–water partition coefficient (Wildman–Crippen LogP) is 2.28. The summed E-state index contributed by atoms with van der Waals surface area (Å²) in [5, 5.41) is 10.5.